The van der Waals surface area contributed by atoms with Gasteiger partial charge < -0.3 is 20.5 Å². The zero-order chi connectivity index (χ0) is 24.0. The summed E-state index contributed by atoms with van der Waals surface area (Å²) < 4.78 is 5.54. The lowest BCUT2D eigenvalue weighted by Gasteiger charge is -2.26. The number of ether oxygens (including phenoxy) is 1. The van der Waals surface area contributed by atoms with Gasteiger partial charge in [-0.3, -0.25) is 4.79 Å². The van der Waals surface area contributed by atoms with Gasteiger partial charge in [-0.2, -0.15) is 0 Å². The lowest BCUT2D eigenvalue weighted by atomic mass is 9.98. The Balaban J connectivity index is 1.56. The lowest BCUT2D eigenvalue weighted by molar-refractivity contribution is -0.142. The number of allylic oxidation sites excluding steroid dienone is 1. The molecule has 0 heterocycles. The predicted octanol–water partition coefficient (Wildman–Crippen LogP) is 4.23. The van der Waals surface area contributed by atoms with Crippen LogP contribution >= 0.6 is 0 Å². The van der Waals surface area contributed by atoms with Crippen molar-refractivity contribution in [2.45, 2.75) is 50.6 Å². The number of amides is 2. The van der Waals surface area contributed by atoms with E-state index in [9.17, 15) is 19.5 Å². The Morgan fingerprint density at radius 1 is 1.09 bits per heavy atom. The molecule has 0 aromatic heterocycles. The van der Waals surface area contributed by atoms with Crippen LogP contribution < -0.4 is 10.6 Å². The van der Waals surface area contributed by atoms with E-state index in [0.717, 1.165) is 22.3 Å². The van der Waals surface area contributed by atoms with Gasteiger partial charge in [0.2, 0.25) is 5.91 Å². The molecule has 0 saturated carbocycles. The van der Waals surface area contributed by atoms with Crippen LogP contribution in [-0.2, 0) is 14.3 Å². The highest BCUT2D eigenvalue weighted by molar-refractivity contribution is 5.84. The molecule has 0 fully saturated rings. The van der Waals surface area contributed by atoms with Gasteiger partial charge in [0.1, 0.15) is 12.6 Å². The van der Waals surface area contributed by atoms with Crippen LogP contribution in [0.1, 0.15) is 50.2 Å². The zero-order valence-corrected chi connectivity index (χ0v) is 19.0. The first-order valence-electron chi connectivity index (χ1n) is 11.0. The van der Waals surface area contributed by atoms with Gasteiger partial charge in [-0.05, 0) is 48.9 Å². The van der Waals surface area contributed by atoms with Crippen molar-refractivity contribution >= 4 is 18.0 Å². The number of hydrogen-bond acceptors (Lipinski definition) is 4. The highest BCUT2D eigenvalue weighted by atomic mass is 16.5. The average Bonchev–Trinajstić information content (AvgIpc) is 3.08. The van der Waals surface area contributed by atoms with E-state index in [-0.39, 0.29) is 25.4 Å². The van der Waals surface area contributed by atoms with Crippen molar-refractivity contribution in [1.29, 1.82) is 0 Å². The molecule has 2 aromatic rings. The van der Waals surface area contributed by atoms with Gasteiger partial charge in [-0.1, -0.05) is 54.6 Å². The third-order valence-electron chi connectivity index (χ3n) is 5.68. The minimum atomic E-state index is -1.10. The summed E-state index contributed by atoms with van der Waals surface area (Å²) >= 11 is 0. The van der Waals surface area contributed by atoms with Gasteiger partial charge in [0, 0.05) is 17.9 Å². The number of fused-ring (bicyclic) bond motifs is 3. The number of hydrogen-bond donors (Lipinski definition) is 3. The van der Waals surface area contributed by atoms with Gasteiger partial charge >= 0.3 is 12.1 Å². The highest BCUT2D eigenvalue weighted by Gasteiger charge is 2.31. The van der Waals surface area contributed by atoms with Crippen LogP contribution in [0.25, 0.3) is 11.1 Å². The number of rotatable bonds is 10. The number of carbonyl (C=O) groups excluding carboxylic acids is 2. The molecule has 1 unspecified atom stereocenters. The number of nitrogens with one attached hydrogen (secondary N) is 2. The molecule has 0 spiro atoms. The quantitative estimate of drug-likeness (QED) is 0.470. The fourth-order valence-corrected chi connectivity index (χ4v) is 4.14. The van der Waals surface area contributed by atoms with Crippen molar-refractivity contribution in [2.75, 3.05) is 6.61 Å². The van der Waals surface area contributed by atoms with Crippen molar-refractivity contribution in [3.05, 3.63) is 72.3 Å². The molecule has 0 aliphatic heterocycles. The maximum absolute atomic E-state index is 12.5. The Labute approximate surface area is 193 Å². The minimum Gasteiger partial charge on any atom is -0.480 e. The molecule has 1 aliphatic rings. The maximum Gasteiger partial charge on any atom is 0.407 e. The molecule has 7 heteroatoms. The van der Waals surface area contributed by atoms with Gasteiger partial charge in [0.25, 0.3) is 0 Å². The third-order valence-corrected chi connectivity index (χ3v) is 5.68. The second-order valence-electron chi connectivity index (χ2n) is 8.84. The van der Waals surface area contributed by atoms with E-state index >= 15 is 0 Å². The smallest absolute Gasteiger partial charge is 0.407 e. The molecule has 33 heavy (non-hydrogen) atoms. The minimum absolute atomic E-state index is 0.0595. The number of benzene rings is 2. The number of carbonyl (C=O) groups is 3. The molecular weight excluding hydrogens is 420 g/mol. The molecule has 2 amide bonds. The fraction of sp³-hybridized carbons (Fsp3) is 0.346. The van der Waals surface area contributed by atoms with Crippen LogP contribution in [0, 0.1) is 0 Å². The maximum atomic E-state index is 12.5. The van der Waals surface area contributed by atoms with Crippen LogP contribution in [0.5, 0.6) is 0 Å². The van der Waals surface area contributed by atoms with Crippen LogP contribution in [-0.4, -0.2) is 41.3 Å². The monoisotopic (exact) mass is 450 g/mol. The van der Waals surface area contributed by atoms with Crippen molar-refractivity contribution in [1.82, 2.24) is 10.6 Å². The lowest BCUT2D eigenvalue weighted by Crippen LogP contribution is -2.49. The summed E-state index contributed by atoms with van der Waals surface area (Å²) in [5.74, 6) is -1.63. The largest absolute Gasteiger partial charge is 0.480 e. The molecule has 3 N–H and O–H groups in total. The predicted molar refractivity (Wildman–Crippen MR) is 126 cm³/mol. The SMILES string of the molecule is C=CCCC(NC(=O)CC(C)(C)NC(=O)OCC1c2ccccc2-c2ccccc21)C(=O)O. The summed E-state index contributed by atoms with van der Waals surface area (Å²) in [4.78, 5) is 36.2. The van der Waals surface area contributed by atoms with E-state index in [0.29, 0.717) is 6.42 Å². The van der Waals surface area contributed by atoms with Gasteiger partial charge in [0.05, 0.1) is 0 Å². The second kappa shape index (κ2) is 10.3. The standard InChI is InChI=1S/C26H30N2O5/c1-4-5-14-22(24(30)31)27-23(29)15-26(2,3)28-25(32)33-16-21-19-12-8-6-10-17(19)18-11-7-9-13-20(18)21/h4,6-13,21-22H,1,5,14-16H2,2-3H3,(H,27,29)(H,28,32)(H,30,31). The summed E-state index contributed by atoms with van der Waals surface area (Å²) in [6.45, 7) is 7.11. The topological polar surface area (TPSA) is 105 Å². The normalized spacial score (nSPS) is 13.4. The molecule has 3 rings (SSSR count). The Kier molecular flexibility index (Phi) is 7.53. The van der Waals surface area contributed by atoms with Crippen LogP contribution in [0.4, 0.5) is 4.79 Å². The van der Waals surface area contributed by atoms with Crippen molar-refractivity contribution in [3.63, 3.8) is 0 Å². The molecular formula is C26H30N2O5. The molecule has 2 aromatic carbocycles. The Morgan fingerprint density at radius 3 is 2.21 bits per heavy atom. The van der Waals surface area contributed by atoms with Gasteiger partial charge in [-0.15, -0.1) is 6.58 Å². The molecule has 7 nitrogen and oxygen atoms in total. The van der Waals surface area contributed by atoms with Crippen LogP contribution in [0.3, 0.4) is 0 Å². The van der Waals surface area contributed by atoms with E-state index in [1.165, 1.54) is 0 Å². The molecule has 1 aliphatic carbocycles. The summed E-state index contributed by atoms with van der Waals surface area (Å²) in [6.07, 6.45) is 1.61. The Bertz CT molecular complexity index is 1000. The van der Waals surface area contributed by atoms with Crippen molar-refractivity contribution < 1.29 is 24.2 Å². The number of carboxylic acid groups (broad SMARTS) is 1. The summed E-state index contributed by atoms with van der Waals surface area (Å²) in [5.41, 5.74) is 3.59. The van der Waals surface area contributed by atoms with Crippen molar-refractivity contribution in [2.24, 2.45) is 0 Å². The van der Waals surface area contributed by atoms with Crippen LogP contribution in [0.2, 0.25) is 0 Å². The summed E-state index contributed by atoms with van der Waals surface area (Å²) in [5, 5.41) is 14.5. The van der Waals surface area contributed by atoms with Crippen molar-refractivity contribution in [3.8, 4) is 11.1 Å². The third kappa shape index (κ3) is 6.00. The van der Waals surface area contributed by atoms with E-state index in [1.807, 2.05) is 36.4 Å². The molecule has 1 atom stereocenters. The van der Waals surface area contributed by atoms with E-state index in [4.69, 9.17) is 4.74 Å². The second-order valence-corrected chi connectivity index (χ2v) is 8.84. The first-order chi connectivity index (χ1) is 15.7. The first-order valence-corrected chi connectivity index (χ1v) is 11.0. The number of alkyl carbamates (subject to hydrolysis) is 1. The average molecular weight is 451 g/mol. The Morgan fingerprint density at radius 2 is 1.67 bits per heavy atom. The highest BCUT2D eigenvalue weighted by Crippen LogP contribution is 2.44. The van der Waals surface area contributed by atoms with E-state index in [1.54, 1.807) is 19.9 Å². The number of carboxylic acids is 1. The zero-order valence-electron chi connectivity index (χ0n) is 19.0. The summed E-state index contributed by atoms with van der Waals surface area (Å²) in [6, 6.07) is 15.1. The van der Waals surface area contributed by atoms with E-state index in [2.05, 4.69) is 29.3 Å². The van der Waals surface area contributed by atoms with Crippen LogP contribution in [0.15, 0.2) is 61.2 Å². The number of aliphatic carboxylic acids is 1. The molecule has 0 saturated heterocycles. The van der Waals surface area contributed by atoms with Gasteiger partial charge in [-0.25, -0.2) is 9.59 Å². The summed E-state index contributed by atoms with van der Waals surface area (Å²) in [7, 11) is 0. The molecule has 0 bridgehead atoms. The fourth-order valence-electron chi connectivity index (χ4n) is 4.14. The van der Waals surface area contributed by atoms with Gasteiger partial charge in [0.15, 0.2) is 0 Å². The first kappa shape index (κ1) is 24.0. The molecule has 0 radical (unpaired) electrons. The Hall–Kier alpha value is -3.61. The van der Waals surface area contributed by atoms with E-state index < -0.39 is 29.6 Å². The molecule has 174 valence electrons.